The Labute approximate surface area is 94.6 Å². The highest BCUT2D eigenvalue weighted by Crippen LogP contribution is 2.15. The van der Waals surface area contributed by atoms with E-state index in [1.165, 1.54) is 6.07 Å². The van der Waals surface area contributed by atoms with Crippen LogP contribution in [0.4, 0.5) is 8.78 Å². The molecule has 0 bridgehead atoms. The number of hydrogen-bond donors (Lipinski definition) is 1. The van der Waals surface area contributed by atoms with Gasteiger partial charge in [-0.1, -0.05) is 6.07 Å². The van der Waals surface area contributed by atoms with Crippen LogP contribution in [-0.2, 0) is 4.74 Å². The third-order valence-electron chi connectivity index (χ3n) is 2.42. The fourth-order valence-electron chi connectivity index (χ4n) is 1.43. The molecule has 0 radical (unpaired) electrons. The average Bonchev–Trinajstić information content (AvgIpc) is 2.28. The summed E-state index contributed by atoms with van der Waals surface area (Å²) in [6.45, 7) is 3.39. The predicted octanol–water partition coefficient (Wildman–Crippen LogP) is 2.65. The third-order valence-corrected chi connectivity index (χ3v) is 2.42. The SMILES string of the molecule is COCCCNC(C)c1ccc(F)c(F)c1. The van der Waals surface area contributed by atoms with Crippen LogP contribution in [0.25, 0.3) is 0 Å². The monoisotopic (exact) mass is 229 g/mol. The number of ether oxygens (including phenoxy) is 1. The standard InChI is InChI=1S/C12H17F2NO/c1-9(15-6-3-7-16-2)10-4-5-11(13)12(14)8-10/h4-5,8-9,15H,3,6-7H2,1-2H3. The summed E-state index contributed by atoms with van der Waals surface area (Å²) in [6.07, 6.45) is 0.893. The van der Waals surface area contributed by atoms with Crippen LogP contribution in [-0.4, -0.2) is 20.3 Å². The van der Waals surface area contributed by atoms with Crippen LogP contribution < -0.4 is 5.32 Å². The van der Waals surface area contributed by atoms with E-state index in [0.717, 1.165) is 24.6 Å². The maximum Gasteiger partial charge on any atom is 0.159 e. The van der Waals surface area contributed by atoms with E-state index in [9.17, 15) is 8.78 Å². The molecule has 1 aromatic carbocycles. The van der Waals surface area contributed by atoms with Gasteiger partial charge in [0.25, 0.3) is 0 Å². The molecule has 0 spiro atoms. The van der Waals surface area contributed by atoms with E-state index in [0.29, 0.717) is 6.61 Å². The Morgan fingerprint density at radius 1 is 1.31 bits per heavy atom. The second kappa shape index (κ2) is 6.55. The average molecular weight is 229 g/mol. The molecular formula is C12H17F2NO. The zero-order chi connectivity index (χ0) is 12.0. The largest absolute Gasteiger partial charge is 0.385 e. The lowest BCUT2D eigenvalue weighted by molar-refractivity contribution is 0.193. The summed E-state index contributed by atoms with van der Waals surface area (Å²) in [7, 11) is 1.65. The summed E-state index contributed by atoms with van der Waals surface area (Å²) in [5.74, 6) is -1.61. The van der Waals surface area contributed by atoms with Gasteiger partial charge in [-0.05, 0) is 37.6 Å². The number of hydrogen-bond acceptors (Lipinski definition) is 2. The van der Waals surface area contributed by atoms with Gasteiger partial charge < -0.3 is 10.1 Å². The van der Waals surface area contributed by atoms with Crippen molar-refractivity contribution >= 4 is 0 Å². The normalized spacial score (nSPS) is 12.8. The molecule has 0 aromatic heterocycles. The van der Waals surface area contributed by atoms with Gasteiger partial charge in [-0.3, -0.25) is 0 Å². The molecule has 1 rings (SSSR count). The van der Waals surface area contributed by atoms with E-state index in [-0.39, 0.29) is 6.04 Å². The van der Waals surface area contributed by atoms with Gasteiger partial charge in [-0.25, -0.2) is 8.78 Å². The second-order valence-electron chi connectivity index (χ2n) is 3.70. The van der Waals surface area contributed by atoms with Gasteiger partial charge in [0.15, 0.2) is 11.6 Å². The van der Waals surface area contributed by atoms with Crippen LogP contribution in [0, 0.1) is 11.6 Å². The highest BCUT2D eigenvalue weighted by atomic mass is 19.2. The molecule has 16 heavy (non-hydrogen) atoms. The van der Waals surface area contributed by atoms with Crippen molar-refractivity contribution in [2.45, 2.75) is 19.4 Å². The number of rotatable bonds is 6. The first-order valence-corrected chi connectivity index (χ1v) is 5.32. The summed E-state index contributed by atoms with van der Waals surface area (Å²) in [5, 5.41) is 3.21. The molecule has 0 heterocycles. The Morgan fingerprint density at radius 3 is 2.69 bits per heavy atom. The van der Waals surface area contributed by atoms with Crippen molar-refractivity contribution in [3.63, 3.8) is 0 Å². The van der Waals surface area contributed by atoms with Crippen molar-refractivity contribution < 1.29 is 13.5 Å². The molecule has 4 heteroatoms. The molecule has 0 saturated carbocycles. The van der Waals surface area contributed by atoms with Crippen molar-refractivity contribution in [1.29, 1.82) is 0 Å². The molecule has 0 aliphatic carbocycles. The maximum atomic E-state index is 13.0. The van der Waals surface area contributed by atoms with Crippen LogP contribution in [0.5, 0.6) is 0 Å². The molecule has 0 aliphatic rings. The Bertz CT molecular complexity index is 331. The highest BCUT2D eigenvalue weighted by Gasteiger charge is 2.08. The lowest BCUT2D eigenvalue weighted by Gasteiger charge is -2.14. The molecule has 0 aliphatic heterocycles. The molecule has 1 aromatic rings. The zero-order valence-corrected chi connectivity index (χ0v) is 9.59. The van der Waals surface area contributed by atoms with Crippen molar-refractivity contribution in [2.24, 2.45) is 0 Å². The van der Waals surface area contributed by atoms with Crippen molar-refractivity contribution in [2.75, 3.05) is 20.3 Å². The predicted molar refractivity (Wildman–Crippen MR) is 59.3 cm³/mol. The Morgan fingerprint density at radius 2 is 2.06 bits per heavy atom. The zero-order valence-electron chi connectivity index (χ0n) is 9.59. The van der Waals surface area contributed by atoms with E-state index in [2.05, 4.69) is 5.32 Å². The summed E-state index contributed by atoms with van der Waals surface area (Å²) in [4.78, 5) is 0. The molecule has 90 valence electrons. The van der Waals surface area contributed by atoms with Crippen LogP contribution in [0.1, 0.15) is 24.9 Å². The highest BCUT2D eigenvalue weighted by molar-refractivity contribution is 5.20. The molecule has 1 N–H and O–H groups in total. The van der Waals surface area contributed by atoms with E-state index in [4.69, 9.17) is 4.74 Å². The smallest absolute Gasteiger partial charge is 0.159 e. The summed E-state index contributed by atoms with van der Waals surface area (Å²) in [6, 6.07) is 3.97. The fourth-order valence-corrected chi connectivity index (χ4v) is 1.43. The number of halogens is 2. The van der Waals surface area contributed by atoms with E-state index >= 15 is 0 Å². The Kier molecular flexibility index (Phi) is 5.35. The van der Waals surface area contributed by atoms with Gasteiger partial charge in [-0.2, -0.15) is 0 Å². The molecule has 0 fully saturated rings. The Balaban J connectivity index is 2.46. The Hall–Kier alpha value is -1.00. The topological polar surface area (TPSA) is 21.3 Å². The first-order chi connectivity index (χ1) is 7.65. The molecule has 0 saturated heterocycles. The quantitative estimate of drug-likeness (QED) is 0.757. The van der Waals surface area contributed by atoms with E-state index < -0.39 is 11.6 Å². The maximum absolute atomic E-state index is 13.0. The van der Waals surface area contributed by atoms with Crippen LogP contribution in [0.3, 0.4) is 0 Å². The molecular weight excluding hydrogens is 212 g/mol. The minimum absolute atomic E-state index is 0.00644. The number of benzene rings is 1. The van der Waals surface area contributed by atoms with Gasteiger partial charge in [-0.15, -0.1) is 0 Å². The third kappa shape index (κ3) is 3.87. The number of nitrogens with one attached hydrogen (secondary N) is 1. The van der Waals surface area contributed by atoms with Crippen molar-refractivity contribution in [1.82, 2.24) is 5.32 Å². The van der Waals surface area contributed by atoms with Crippen LogP contribution >= 0.6 is 0 Å². The summed E-state index contributed by atoms with van der Waals surface area (Å²) >= 11 is 0. The van der Waals surface area contributed by atoms with E-state index in [1.807, 2.05) is 6.92 Å². The first kappa shape index (κ1) is 13.1. The fraction of sp³-hybridized carbons (Fsp3) is 0.500. The minimum atomic E-state index is -0.810. The molecule has 1 unspecified atom stereocenters. The van der Waals surface area contributed by atoms with Crippen LogP contribution in [0.2, 0.25) is 0 Å². The van der Waals surface area contributed by atoms with Gasteiger partial charge in [0.2, 0.25) is 0 Å². The minimum Gasteiger partial charge on any atom is -0.385 e. The van der Waals surface area contributed by atoms with Gasteiger partial charge in [0.1, 0.15) is 0 Å². The number of methoxy groups -OCH3 is 1. The van der Waals surface area contributed by atoms with Gasteiger partial charge >= 0.3 is 0 Å². The molecule has 1 atom stereocenters. The van der Waals surface area contributed by atoms with Crippen molar-refractivity contribution in [3.8, 4) is 0 Å². The summed E-state index contributed by atoms with van der Waals surface area (Å²) in [5.41, 5.74) is 0.747. The van der Waals surface area contributed by atoms with Gasteiger partial charge in [0, 0.05) is 19.8 Å². The van der Waals surface area contributed by atoms with Gasteiger partial charge in [0.05, 0.1) is 0 Å². The lowest BCUT2D eigenvalue weighted by Crippen LogP contribution is -2.21. The second-order valence-corrected chi connectivity index (χ2v) is 3.70. The van der Waals surface area contributed by atoms with Crippen LogP contribution in [0.15, 0.2) is 18.2 Å². The summed E-state index contributed by atoms with van der Waals surface area (Å²) < 4.78 is 30.6. The molecule has 0 amide bonds. The molecule has 2 nitrogen and oxygen atoms in total. The first-order valence-electron chi connectivity index (χ1n) is 5.32. The lowest BCUT2D eigenvalue weighted by atomic mass is 10.1. The van der Waals surface area contributed by atoms with E-state index in [1.54, 1.807) is 13.2 Å². The van der Waals surface area contributed by atoms with Crippen molar-refractivity contribution in [3.05, 3.63) is 35.4 Å².